The van der Waals surface area contributed by atoms with Crippen LogP contribution in [-0.2, 0) is 11.3 Å². The number of rotatable bonds is 8. The largest absolute Gasteiger partial charge is 0.394 e. The number of aryl methyl sites for hydroxylation is 2. The second-order valence-electron chi connectivity index (χ2n) is 4.60. The van der Waals surface area contributed by atoms with Gasteiger partial charge >= 0.3 is 0 Å². The third-order valence-electron chi connectivity index (χ3n) is 2.83. The van der Waals surface area contributed by atoms with Crippen LogP contribution in [0.5, 0.6) is 0 Å². The number of amides is 1. The molecule has 4 N–H and O–H groups in total. The van der Waals surface area contributed by atoms with Crippen LogP contribution in [0.2, 0.25) is 0 Å². The second kappa shape index (κ2) is 7.66. The maximum atomic E-state index is 11.5. The molecule has 1 aromatic rings. The van der Waals surface area contributed by atoms with E-state index in [2.05, 4.69) is 22.7 Å². The summed E-state index contributed by atoms with van der Waals surface area (Å²) in [5, 5.41) is 10.4. The molecule has 1 rings (SSSR count). The number of carbonyl (C=O) groups is 1. The van der Waals surface area contributed by atoms with E-state index >= 15 is 0 Å². The van der Waals surface area contributed by atoms with E-state index in [-0.39, 0.29) is 5.91 Å². The van der Waals surface area contributed by atoms with Crippen LogP contribution in [0.4, 0.5) is 11.5 Å². The van der Waals surface area contributed by atoms with Gasteiger partial charge in [0.05, 0.1) is 11.4 Å². The van der Waals surface area contributed by atoms with E-state index in [0.717, 1.165) is 37.4 Å². The summed E-state index contributed by atoms with van der Waals surface area (Å²) in [6.45, 7) is 8.13. The normalized spacial score (nSPS) is 10.5. The highest BCUT2D eigenvalue weighted by molar-refractivity contribution is 5.76. The van der Waals surface area contributed by atoms with E-state index < -0.39 is 0 Å². The maximum absolute atomic E-state index is 11.5. The molecule has 0 aliphatic heterocycles. The van der Waals surface area contributed by atoms with Gasteiger partial charge in [0.25, 0.3) is 0 Å². The number of hydrogen-bond acceptors (Lipinski definition) is 4. The molecule has 0 aliphatic carbocycles. The molecule has 19 heavy (non-hydrogen) atoms. The van der Waals surface area contributed by atoms with Gasteiger partial charge in [0, 0.05) is 26.1 Å². The summed E-state index contributed by atoms with van der Waals surface area (Å²) >= 11 is 0. The van der Waals surface area contributed by atoms with Crippen LogP contribution in [-0.4, -0.2) is 28.8 Å². The van der Waals surface area contributed by atoms with Gasteiger partial charge in [0.2, 0.25) is 5.91 Å². The van der Waals surface area contributed by atoms with Crippen molar-refractivity contribution in [3.8, 4) is 0 Å². The lowest BCUT2D eigenvalue weighted by Crippen LogP contribution is -2.26. The first-order valence-electron chi connectivity index (χ1n) is 6.93. The molecule has 6 heteroatoms. The van der Waals surface area contributed by atoms with E-state index in [0.29, 0.717) is 18.7 Å². The number of nitrogen functional groups attached to an aromatic ring is 1. The van der Waals surface area contributed by atoms with E-state index in [1.54, 1.807) is 0 Å². The van der Waals surface area contributed by atoms with Crippen molar-refractivity contribution in [1.82, 2.24) is 15.1 Å². The Hall–Kier alpha value is -1.72. The van der Waals surface area contributed by atoms with Crippen molar-refractivity contribution in [2.75, 3.05) is 24.1 Å². The number of hydrogen-bond donors (Lipinski definition) is 3. The molecule has 0 saturated heterocycles. The van der Waals surface area contributed by atoms with Crippen LogP contribution in [0.25, 0.3) is 0 Å². The molecule has 0 fully saturated rings. The molecule has 0 unspecified atom stereocenters. The topological polar surface area (TPSA) is 85.0 Å². The fraction of sp³-hybridized carbons (Fsp3) is 0.692. The number of carbonyl (C=O) groups excluding carboxylic acids is 1. The summed E-state index contributed by atoms with van der Waals surface area (Å²) in [5.74, 6) is 0.883. The van der Waals surface area contributed by atoms with E-state index in [1.807, 2.05) is 18.5 Å². The molecule has 0 bridgehead atoms. The average Bonchev–Trinajstić information content (AvgIpc) is 2.64. The van der Waals surface area contributed by atoms with Crippen LogP contribution in [0.15, 0.2) is 0 Å². The Morgan fingerprint density at radius 1 is 1.32 bits per heavy atom. The fourth-order valence-corrected chi connectivity index (χ4v) is 1.80. The molecule has 1 aromatic heterocycles. The van der Waals surface area contributed by atoms with Crippen molar-refractivity contribution < 1.29 is 4.79 Å². The molecule has 0 aromatic carbocycles. The molecular weight excluding hydrogens is 242 g/mol. The van der Waals surface area contributed by atoms with Crippen molar-refractivity contribution in [3.05, 3.63) is 5.69 Å². The first-order chi connectivity index (χ1) is 9.10. The van der Waals surface area contributed by atoms with Gasteiger partial charge < -0.3 is 16.4 Å². The zero-order valence-electron chi connectivity index (χ0n) is 12.1. The Labute approximate surface area is 114 Å². The van der Waals surface area contributed by atoms with Crippen LogP contribution in [0.3, 0.4) is 0 Å². The minimum Gasteiger partial charge on any atom is -0.394 e. The van der Waals surface area contributed by atoms with Crippen molar-refractivity contribution >= 4 is 17.4 Å². The smallest absolute Gasteiger partial charge is 0.221 e. The first-order valence-corrected chi connectivity index (χ1v) is 6.93. The summed E-state index contributed by atoms with van der Waals surface area (Å²) in [6.07, 6.45) is 2.39. The Morgan fingerprint density at radius 3 is 2.68 bits per heavy atom. The van der Waals surface area contributed by atoms with Crippen LogP contribution >= 0.6 is 0 Å². The minimum absolute atomic E-state index is 0.0613. The quantitative estimate of drug-likeness (QED) is 0.666. The average molecular weight is 267 g/mol. The molecule has 1 heterocycles. The highest BCUT2D eigenvalue weighted by Gasteiger charge is 2.11. The second-order valence-corrected chi connectivity index (χ2v) is 4.60. The van der Waals surface area contributed by atoms with Gasteiger partial charge in [-0.3, -0.25) is 4.79 Å². The standard InChI is InChI=1S/C13H25N5O/c1-4-7-15-11(19)6-8-16-13-12(14)10(3)17-18(13)9-5-2/h16H,4-9,14H2,1-3H3,(H,15,19). The minimum atomic E-state index is 0.0613. The van der Waals surface area contributed by atoms with E-state index in [4.69, 9.17) is 5.73 Å². The molecule has 6 nitrogen and oxygen atoms in total. The molecule has 1 amide bonds. The van der Waals surface area contributed by atoms with Crippen molar-refractivity contribution in [2.24, 2.45) is 0 Å². The van der Waals surface area contributed by atoms with Gasteiger partial charge in [0.1, 0.15) is 5.82 Å². The van der Waals surface area contributed by atoms with Gasteiger partial charge in [0.15, 0.2) is 0 Å². The molecule has 0 spiro atoms. The predicted molar refractivity (Wildman–Crippen MR) is 78.1 cm³/mol. The van der Waals surface area contributed by atoms with Crippen molar-refractivity contribution in [2.45, 2.75) is 46.6 Å². The lowest BCUT2D eigenvalue weighted by Gasteiger charge is -2.10. The Kier molecular flexibility index (Phi) is 6.18. The Morgan fingerprint density at radius 2 is 2.05 bits per heavy atom. The maximum Gasteiger partial charge on any atom is 0.221 e. The summed E-state index contributed by atoms with van der Waals surface area (Å²) in [5.41, 5.74) is 7.48. The lowest BCUT2D eigenvalue weighted by atomic mass is 10.3. The fourth-order valence-electron chi connectivity index (χ4n) is 1.80. The molecule has 0 radical (unpaired) electrons. The predicted octanol–water partition coefficient (Wildman–Crippen LogP) is 1.51. The van der Waals surface area contributed by atoms with Crippen LogP contribution in [0, 0.1) is 6.92 Å². The summed E-state index contributed by atoms with van der Waals surface area (Å²) in [4.78, 5) is 11.5. The molecule has 0 aliphatic rings. The monoisotopic (exact) mass is 267 g/mol. The Bertz CT molecular complexity index is 413. The number of aromatic nitrogens is 2. The number of nitrogens with two attached hydrogens (primary N) is 1. The first kappa shape index (κ1) is 15.3. The lowest BCUT2D eigenvalue weighted by molar-refractivity contribution is -0.120. The third kappa shape index (κ3) is 4.46. The summed E-state index contributed by atoms with van der Waals surface area (Å²) in [6, 6.07) is 0. The number of nitrogens with zero attached hydrogens (tertiary/aromatic N) is 2. The zero-order valence-corrected chi connectivity index (χ0v) is 12.1. The van der Waals surface area contributed by atoms with Gasteiger partial charge in [-0.2, -0.15) is 5.10 Å². The molecule has 108 valence electrons. The molecular formula is C13H25N5O. The number of anilines is 2. The zero-order chi connectivity index (χ0) is 14.3. The SMILES string of the molecule is CCCNC(=O)CCNc1c(N)c(C)nn1CCC. The van der Waals surface area contributed by atoms with Crippen molar-refractivity contribution in [3.63, 3.8) is 0 Å². The van der Waals surface area contributed by atoms with Crippen LogP contribution < -0.4 is 16.4 Å². The van der Waals surface area contributed by atoms with Crippen molar-refractivity contribution in [1.29, 1.82) is 0 Å². The highest BCUT2D eigenvalue weighted by Crippen LogP contribution is 2.22. The molecule has 0 atom stereocenters. The molecule has 0 saturated carbocycles. The van der Waals surface area contributed by atoms with E-state index in [9.17, 15) is 4.79 Å². The van der Waals surface area contributed by atoms with Crippen LogP contribution in [0.1, 0.15) is 38.8 Å². The van der Waals surface area contributed by atoms with Gasteiger partial charge in [-0.15, -0.1) is 0 Å². The summed E-state index contributed by atoms with van der Waals surface area (Å²) < 4.78 is 1.87. The van der Waals surface area contributed by atoms with Gasteiger partial charge in [-0.1, -0.05) is 13.8 Å². The van der Waals surface area contributed by atoms with Gasteiger partial charge in [-0.25, -0.2) is 4.68 Å². The number of nitrogens with one attached hydrogen (secondary N) is 2. The van der Waals surface area contributed by atoms with Gasteiger partial charge in [-0.05, 0) is 19.8 Å². The summed E-state index contributed by atoms with van der Waals surface area (Å²) in [7, 11) is 0. The third-order valence-corrected chi connectivity index (χ3v) is 2.83. The Balaban J connectivity index is 2.50. The van der Waals surface area contributed by atoms with E-state index in [1.165, 1.54) is 0 Å². The highest BCUT2D eigenvalue weighted by atomic mass is 16.1.